The van der Waals surface area contributed by atoms with Crippen molar-refractivity contribution in [2.75, 3.05) is 0 Å². The van der Waals surface area contributed by atoms with Crippen molar-refractivity contribution in [3.8, 4) is 5.75 Å². The van der Waals surface area contributed by atoms with E-state index in [1.54, 1.807) is 19.1 Å². The highest BCUT2D eigenvalue weighted by Crippen LogP contribution is 2.19. The van der Waals surface area contributed by atoms with Crippen LogP contribution in [0.15, 0.2) is 18.2 Å². The highest BCUT2D eigenvalue weighted by Gasteiger charge is 2.26. The van der Waals surface area contributed by atoms with E-state index >= 15 is 0 Å². The number of hydrogen-bond donors (Lipinski definition) is 2. The highest BCUT2D eigenvalue weighted by atomic mass is 35.5. The standard InChI is InChI=1S/C13H18ClNO2/c1-8-7-10(5-6-11(8)16)12(17)15-13(3,4)9(2)14/h5-7,9,16H,1-4H3,(H,15,17). The third-order valence-electron chi connectivity index (χ3n) is 2.89. The predicted octanol–water partition coefficient (Wildman–Crippen LogP) is 2.84. The minimum atomic E-state index is -0.482. The number of phenols is 1. The molecular weight excluding hydrogens is 238 g/mol. The maximum Gasteiger partial charge on any atom is 0.251 e. The number of nitrogens with one attached hydrogen (secondary N) is 1. The SMILES string of the molecule is Cc1cc(C(=O)NC(C)(C)C(C)Cl)ccc1O. The Labute approximate surface area is 107 Å². The van der Waals surface area contributed by atoms with Gasteiger partial charge in [0.25, 0.3) is 5.91 Å². The maximum absolute atomic E-state index is 12.0. The molecule has 0 bridgehead atoms. The van der Waals surface area contributed by atoms with E-state index in [4.69, 9.17) is 11.6 Å². The lowest BCUT2D eigenvalue weighted by atomic mass is 10.0. The van der Waals surface area contributed by atoms with Crippen LogP contribution >= 0.6 is 11.6 Å². The number of carbonyl (C=O) groups excluding carboxylic acids is 1. The van der Waals surface area contributed by atoms with Crippen molar-refractivity contribution in [2.24, 2.45) is 0 Å². The van der Waals surface area contributed by atoms with Gasteiger partial charge < -0.3 is 10.4 Å². The van der Waals surface area contributed by atoms with E-state index < -0.39 is 5.54 Å². The fourth-order valence-electron chi connectivity index (χ4n) is 1.26. The van der Waals surface area contributed by atoms with Gasteiger partial charge in [0.15, 0.2) is 0 Å². The van der Waals surface area contributed by atoms with Crippen LogP contribution in [0.2, 0.25) is 0 Å². The Hall–Kier alpha value is -1.22. The summed E-state index contributed by atoms with van der Waals surface area (Å²) in [5.74, 6) is -0.00267. The molecule has 2 N–H and O–H groups in total. The first kappa shape index (κ1) is 13.8. The third-order valence-corrected chi connectivity index (χ3v) is 3.43. The molecule has 1 rings (SSSR count). The van der Waals surface area contributed by atoms with Gasteiger partial charge in [-0.05, 0) is 51.5 Å². The number of rotatable bonds is 3. The van der Waals surface area contributed by atoms with Crippen molar-refractivity contribution in [3.63, 3.8) is 0 Å². The first-order chi connectivity index (χ1) is 7.74. The summed E-state index contributed by atoms with van der Waals surface area (Å²) in [4.78, 5) is 12.0. The number of aromatic hydroxyl groups is 1. The van der Waals surface area contributed by atoms with Crippen LogP contribution in [0.1, 0.15) is 36.7 Å². The largest absolute Gasteiger partial charge is 0.508 e. The molecule has 1 aromatic rings. The smallest absolute Gasteiger partial charge is 0.251 e. The fourth-order valence-corrected chi connectivity index (χ4v) is 1.32. The molecule has 1 amide bonds. The maximum atomic E-state index is 12.0. The zero-order valence-corrected chi connectivity index (χ0v) is 11.3. The van der Waals surface area contributed by atoms with Crippen LogP contribution in [-0.4, -0.2) is 21.9 Å². The van der Waals surface area contributed by atoms with E-state index in [9.17, 15) is 9.90 Å². The summed E-state index contributed by atoms with van der Waals surface area (Å²) in [5.41, 5.74) is 0.713. The summed E-state index contributed by atoms with van der Waals surface area (Å²) >= 11 is 6.00. The van der Waals surface area contributed by atoms with Crippen LogP contribution in [0.3, 0.4) is 0 Å². The van der Waals surface area contributed by atoms with Crippen molar-refractivity contribution in [1.29, 1.82) is 0 Å². The first-order valence-electron chi connectivity index (χ1n) is 5.50. The van der Waals surface area contributed by atoms with Crippen LogP contribution in [0.5, 0.6) is 5.75 Å². The van der Waals surface area contributed by atoms with Gasteiger partial charge in [0.05, 0.1) is 10.9 Å². The number of aryl methyl sites for hydroxylation is 1. The molecule has 0 radical (unpaired) electrons. The average molecular weight is 256 g/mol. The average Bonchev–Trinajstić information content (AvgIpc) is 2.21. The summed E-state index contributed by atoms with van der Waals surface area (Å²) in [7, 11) is 0. The lowest BCUT2D eigenvalue weighted by molar-refractivity contribution is 0.0912. The van der Waals surface area contributed by atoms with Gasteiger partial charge in [-0.2, -0.15) is 0 Å². The Morgan fingerprint density at radius 1 is 1.47 bits per heavy atom. The Bertz CT molecular complexity index is 427. The number of hydrogen-bond acceptors (Lipinski definition) is 2. The van der Waals surface area contributed by atoms with Crippen LogP contribution in [0.4, 0.5) is 0 Å². The number of halogens is 1. The van der Waals surface area contributed by atoms with Gasteiger partial charge in [-0.3, -0.25) is 4.79 Å². The van der Waals surface area contributed by atoms with Crippen molar-refractivity contribution in [3.05, 3.63) is 29.3 Å². The number of amides is 1. The first-order valence-corrected chi connectivity index (χ1v) is 5.94. The van der Waals surface area contributed by atoms with E-state index in [1.165, 1.54) is 6.07 Å². The highest BCUT2D eigenvalue weighted by molar-refractivity contribution is 6.21. The van der Waals surface area contributed by atoms with Crippen molar-refractivity contribution in [1.82, 2.24) is 5.32 Å². The van der Waals surface area contributed by atoms with Crippen molar-refractivity contribution in [2.45, 2.75) is 38.6 Å². The molecule has 1 atom stereocenters. The summed E-state index contributed by atoms with van der Waals surface area (Å²) in [6.45, 7) is 7.33. The summed E-state index contributed by atoms with van der Waals surface area (Å²) < 4.78 is 0. The quantitative estimate of drug-likeness (QED) is 0.816. The molecule has 3 nitrogen and oxygen atoms in total. The molecule has 94 valence electrons. The summed E-state index contributed by atoms with van der Waals surface area (Å²) in [6.07, 6.45) is 0. The molecule has 0 aliphatic carbocycles. The summed E-state index contributed by atoms with van der Waals surface area (Å²) in [6, 6.07) is 4.76. The Morgan fingerprint density at radius 2 is 2.06 bits per heavy atom. The topological polar surface area (TPSA) is 49.3 Å². The molecule has 0 aliphatic heterocycles. The van der Waals surface area contributed by atoms with E-state index in [2.05, 4.69) is 5.32 Å². The molecule has 17 heavy (non-hydrogen) atoms. The molecule has 0 aliphatic rings. The van der Waals surface area contributed by atoms with Gasteiger partial charge >= 0.3 is 0 Å². The molecule has 0 heterocycles. The Morgan fingerprint density at radius 3 is 2.53 bits per heavy atom. The monoisotopic (exact) mass is 255 g/mol. The number of phenolic OH excluding ortho intramolecular Hbond substituents is 1. The van der Waals surface area contributed by atoms with E-state index in [0.29, 0.717) is 11.1 Å². The second kappa shape index (κ2) is 4.96. The predicted molar refractivity (Wildman–Crippen MR) is 69.7 cm³/mol. The van der Waals surface area contributed by atoms with Gasteiger partial charge in [-0.25, -0.2) is 0 Å². The minimum absolute atomic E-state index is 0.176. The van der Waals surface area contributed by atoms with E-state index in [-0.39, 0.29) is 17.0 Å². The van der Waals surface area contributed by atoms with Gasteiger partial charge in [-0.15, -0.1) is 11.6 Å². The number of alkyl halides is 1. The molecular formula is C13H18ClNO2. The zero-order valence-electron chi connectivity index (χ0n) is 10.5. The van der Waals surface area contributed by atoms with Crippen LogP contribution in [0.25, 0.3) is 0 Å². The molecule has 1 unspecified atom stereocenters. The van der Waals surface area contributed by atoms with Gasteiger partial charge in [0.1, 0.15) is 5.75 Å². The molecule has 0 saturated carbocycles. The van der Waals surface area contributed by atoms with Gasteiger partial charge in [-0.1, -0.05) is 0 Å². The molecule has 0 saturated heterocycles. The lowest BCUT2D eigenvalue weighted by Crippen LogP contribution is -2.49. The molecule has 0 fully saturated rings. The second-order valence-corrected chi connectivity index (χ2v) is 5.45. The molecule has 4 heteroatoms. The van der Waals surface area contributed by atoms with Crippen LogP contribution in [-0.2, 0) is 0 Å². The number of carbonyl (C=O) groups is 1. The second-order valence-electron chi connectivity index (χ2n) is 4.79. The fraction of sp³-hybridized carbons (Fsp3) is 0.462. The van der Waals surface area contributed by atoms with E-state index in [0.717, 1.165) is 0 Å². The van der Waals surface area contributed by atoms with E-state index in [1.807, 2.05) is 20.8 Å². The van der Waals surface area contributed by atoms with Crippen LogP contribution < -0.4 is 5.32 Å². The molecule has 1 aromatic carbocycles. The zero-order chi connectivity index (χ0) is 13.2. The van der Waals surface area contributed by atoms with Gasteiger partial charge in [0.2, 0.25) is 0 Å². The number of benzene rings is 1. The third kappa shape index (κ3) is 3.37. The normalized spacial score (nSPS) is 13.2. The molecule has 0 aromatic heterocycles. The van der Waals surface area contributed by atoms with Crippen molar-refractivity contribution >= 4 is 17.5 Å². The van der Waals surface area contributed by atoms with Gasteiger partial charge in [0, 0.05) is 5.56 Å². The lowest BCUT2D eigenvalue weighted by Gasteiger charge is -2.29. The minimum Gasteiger partial charge on any atom is -0.508 e. The Balaban J connectivity index is 2.87. The Kier molecular flexibility index (Phi) is 4.04. The summed E-state index contributed by atoms with van der Waals surface area (Å²) in [5, 5.41) is 12.1. The van der Waals surface area contributed by atoms with Crippen molar-refractivity contribution < 1.29 is 9.90 Å². The van der Waals surface area contributed by atoms with Crippen LogP contribution in [0, 0.1) is 6.92 Å². The molecule has 0 spiro atoms.